The van der Waals surface area contributed by atoms with E-state index in [9.17, 15) is 24.0 Å². The van der Waals surface area contributed by atoms with E-state index >= 15 is 0 Å². The minimum atomic E-state index is -1.06. The van der Waals surface area contributed by atoms with Gasteiger partial charge in [0.15, 0.2) is 0 Å². The monoisotopic (exact) mass is 430 g/mol. The van der Waals surface area contributed by atoms with Crippen LogP contribution in [-0.4, -0.2) is 64.2 Å². The molecular formula is C21H26N4O6. The minimum Gasteiger partial charge on any atom is -0.444 e. The lowest BCUT2D eigenvalue weighted by Crippen LogP contribution is -2.55. The van der Waals surface area contributed by atoms with Gasteiger partial charge in [0.2, 0.25) is 23.6 Å². The van der Waals surface area contributed by atoms with Crippen molar-refractivity contribution in [3.05, 3.63) is 35.9 Å². The predicted molar refractivity (Wildman–Crippen MR) is 108 cm³/mol. The van der Waals surface area contributed by atoms with Crippen LogP contribution in [0.5, 0.6) is 0 Å². The number of imide groups is 1. The molecule has 3 rings (SSSR count). The maximum absolute atomic E-state index is 12.7. The third-order valence-electron chi connectivity index (χ3n) is 5.51. The fourth-order valence-corrected chi connectivity index (χ4v) is 3.90. The minimum absolute atomic E-state index is 0.0245. The summed E-state index contributed by atoms with van der Waals surface area (Å²) in [6, 6.07) is 6.27. The smallest absolute Gasteiger partial charge is 0.417 e. The number of benzene rings is 1. The molecule has 2 aliphatic heterocycles. The molecule has 5 amide bonds. The van der Waals surface area contributed by atoms with Crippen molar-refractivity contribution in [2.24, 2.45) is 5.73 Å². The Kier molecular flexibility index (Phi) is 6.88. The second-order valence-electron chi connectivity index (χ2n) is 7.68. The fraction of sp³-hybridized carbons (Fsp3) is 0.476. The number of likely N-dealkylation sites (tertiary alicyclic amines) is 2. The Labute approximate surface area is 179 Å². The van der Waals surface area contributed by atoms with Crippen LogP contribution in [0.2, 0.25) is 0 Å². The van der Waals surface area contributed by atoms with E-state index in [2.05, 4.69) is 5.32 Å². The highest BCUT2D eigenvalue weighted by molar-refractivity contribution is 6.01. The van der Waals surface area contributed by atoms with Crippen LogP contribution in [-0.2, 0) is 30.5 Å². The number of hydrogen-bond acceptors (Lipinski definition) is 6. The van der Waals surface area contributed by atoms with E-state index in [0.717, 1.165) is 10.5 Å². The van der Waals surface area contributed by atoms with Crippen LogP contribution in [0.25, 0.3) is 0 Å². The molecule has 3 unspecified atom stereocenters. The largest absolute Gasteiger partial charge is 0.444 e. The third kappa shape index (κ3) is 5.01. The number of rotatable bonds is 6. The normalized spacial score (nSPS) is 21.6. The Hall–Kier alpha value is -3.43. The highest BCUT2D eigenvalue weighted by Gasteiger charge is 2.42. The first-order valence-corrected chi connectivity index (χ1v) is 10.2. The fourth-order valence-electron chi connectivity index (χ4n) is 3.90. The number of hydrogen-bond donors (Lipinski definition) is 2. The summed E-state index contributed by atoms with van der Waals surface area (Å²) in [4.78, 5) is 63.8. The molecule has 3 N–H and O–H groups in total. The Morgan fingerprint density at radius 1 is 1.16 bits per heavy atom. The van der Waals surface area contributed by atoms with Gasteiger partial charge in [0.1, 0.15) is 24.7 Å². The molecule has 0 saturated carbocycles. The molecule has 2 aliphatic rings. The molecule has 166 valence electrons. The van der Waals surface area contributed by atoms with Gasteiger partial charge in [-0.15, -0.1) is 0 Å². The first-order valence-electron chi connectivity index (χ1n) is 10.2. The molecule has 0 aliphatic carbocycles. The summed E-state index contributed by atoms with van der Waals surface area (Å²) in [6.45, 7) is 1.84. The number of nitrogens with one attached hydrogen (secondary N) is 1. The summed E-state index contributed by atoms with van der Waals surface area (Å²) in [5.41, 5.74) is 6.10. The number of ether oxygens (including phenoxy) is 1. The number of carbonyl (C=O) groups is 5. The highest BCUT2D eigenvalue weighted by atomic mass is 16.6. The lowest BCUT2D eigenvalue weighted by atomic mass is 10.1. The summed E-state index contributed by atoms with van der Waals surface area (Å²) >= 11 is 0. The van der Waals surface area contributed by atoms with E-state index in [1.807, 2.05) is 6.07 Å². The van der Waals surface area contributed by atoms with Crippen molar-refractivity contribution in [3.8, 4) is 0 Å². The van der Waals surface area contributed by atoms with E-state index in [0.29, 0.717) is 19.4 Å². The van der Waals surface area contributed by atoms with Gasteiger partial charge in [-0.05, 0) is 31.7 Å². The van der Waals surface area contributed by atoms with Gasteiger partial charge in [-0.25, -0.2) is 9.69 Å². The van der Waals surface area contributed by atoms with Crippen LogP contribution < -0.4 is 11.1 Å². The van der Waals surface area contributed by atoms with E-state index in [-0.39, 0.29) is 19.4 Å². The van der Waals surface area contributed by atoms with Crippen LogP contribution >= 0.6 is 0 Å². The molecule has 10 heteroatoms. The molecule has 10 nitrogen and oxygen atoms in total. The van der Waals surface area contributed by atoms with E-state index in [4.69, 9.17) is 10.5 Å². The molecule has 3 atom stereocenters. The predicted octanol–water partition coefficient (Wildman–Crippen LogP) is 0.295. The second kappa shape index (κ2) is 9.59. The zero-order chi connectivity index (χ0) is 22.5. The number of amides is 5. The van der Waals surface area contributed by atoms with Crippen LogP contribution in [0.1, 0.15) is 38.2 Å². The van der Waals surface area contributed by atoms with Crippen LogP contribution in [0.3, 0.4) is 0 Å². The number of nitrogens with two attached hydrogens (primary N) is 1. The van der Waals surface area contributed by atoms with Crippen molar-refractivity contribution >= 4 is 29.7 Å². The first kappa shape index (κ1) is 22.3. The van der Waals surface area contributed by atoms with Gasteiger partial charge < -0.3 is 20.7 Å². The van der Waals surface area contributed by atoms with Gasteiger partial charge in [0, 0.05) is 13.0 Å². The molecule has 2 heterocycles. The van der Waals surface area contributed by atoms with Gasteiger partial charge in [-0.2, -0.15) is 0 Å². The van der Waals surface area contributed by atoms with E-state index < -0.39 is 47.8 Å². The number of primary amides is 1. The van der Waals surface area contributed by atoms with Crippen molar-refractivity contribution in [3.63, 3.8) is 0 Å². The van der Waals surface area contributed by atoms with E-state index in [1.54, 1.807) is 24.3 Å². The molecule has 2 saturated heterocycles. The molecule has 0 bridgehead atoms. The third-order valence-corrected chi connectivity index (χ3v) is 5.51. The van der Waals surface area contributed by atoms with Crippen molar-refractivity contribution < 1.29 is 28.7 Å². The summed E-state index contributed by atoms with van der Waals surface area (Å²) in [5, 5.41) is 2.55. The summed E-state index contributed by atoms with van der Waals surface area (Å²) in [5.74, 6) is -2.15. The lowest BCUT2D eigenvalue weighted by Gasteiger charge is -2.27. The average molecular weight is 430 g/mol. The van der Waals surface area contributed by atoms with Crippen molar-refractivity contribution in [2.75, 3.05) is 6.54 Å². The van der Waals surface area contributed by atoms with Gasteiger partial charge in [-0.3, -0.25) is 19.2 Å². The van der Waals surface area contributed by atoms with Crippen LogP contribution in [0, 0.1) is 0 Å². The zero-order valence-corrected chi connectivity index (χ0v) is 17.3. The summed E-state index contributed by atoms with van der Waals surface area (Å²) < 4.78 is 5.20. The van der Waals surface area contributed by atoms with Crippen molar-refractivity contribution in [1.29, 1.82) is 0 Å². The van der Waals surface area contributed by atoms with Crippen LogP contribution in [0.15, 0.2) is 30.3 Å². The molecule has 2 fully saturated rings. The van der Waals surface area contributed by atoms with Gasteiger partial charge >= 0.3 is 6.09 Å². The molecule has 31 heavy (non-hydrogen) atoms. The standard InChI is InChI=1S/C21H26N4O6/c1-13(20(29)24-11-5-8-15(24)18(22)27)23-19(28)16-9-10-17(26)25(16)21(30)31-12-14-6-3-2-4-7-14/h2-4,6-7,13,15-16H,5,8-12H2,1H3,(H2,22,27)(H,23,28). The molecular weight excluding hydrogens is 404 g/mol. The Morgan fingerprint density at radius 2 is 1.87 bits per heavy atom. The summed E-state index contributed by atoms with van der Waals surface area (Å²) in [6.07, 6.45) is 0.396. The SMILES string of the molecule is CC(NC(=O)C1CCC(=O)N1C(=O)OCc1ccccc1)C(=O)N1CCCC1C(N)=O. The molecule has 1 aromatic carbocycles. The maximum atomic E-state index is 12.7. The zero-order valence-electron chi connectivity index (χ0n) is 17.3. The van der Waals surface area contributed by atoms with Gasteiger partial charge in [0.05, 0.1) is 0 Å². The Bertz CT molecular complexity index is 874. The number of carbonyl (C=O) groups excluding carboxylic acids is 5. The van der Waals surface area contributed by atoms with Crippen molar-refractivity contribution in [1.82, 2.24) is 15.1 Å². The second-order valence-corrected chi connectivity index (χ2v) is 7.68. The maximum Gasteiger partial charge on any atom is 0.417 e. The molecule has 0 radical (unpaired) electrons. The quantitative estimate of drug-likeness (QED) is 0.665. The highest BCUT2D eigenvalue weighted by Crippen LogP contribution is 2.22. The molecule has 1 aromatic rings. The van der Waals surface area contributed by atoms with Crippen LogP contribution in [0.4, 0.5) is 4.79 Å². The number of nitrogens with zero attached hydrogens (tertiary/aromatic N) is 2. The Balaban J connectivity index is 1.60. The topological polar surface area (TPSA) is 139 Å². The van der Waals surface area contributed by atoms with E-state index in [1.165, 1.54) is 11.8 Å². The Morgan fingerprint density at radius 3 is 2.55 bits per heavy atom. The molecule has 0 aromatic heterocycles. The van der Waals surface area contributed by atoms with Gasteiger partial charge in [0.25, 0.3) is 0 Å². The first-order chi connectivity index (χ1) is 14.8. The summed E-state index contributed by atoms with van der Waals surface area (Å²) in [7, 11) is 0. The lowest BCUT2D eigenvalue weighted by molar-refractivity contribution is -0.141. The molecule has 0 spiro atoms. The van der Waals surface area contributed by atoms with Gasteiger partial charge in [-0.1, -0.05) is 30.3 Å². The van der Waals surface area contributed by atoms with Crippen molar-refractivity contribution in [2.45, 2.75) is 57.3 Å². The average Bonchev–Trinajstić information content (AvgIpc) is 3.39.